The first-order valence-electron chi connectivity index (χ1n) is 3.19. The third kappa shape index (κ3) is 3.42. The number of aliphatic hydroxyl groups is 1. The molecule has 0 saturated carbocycles. The zero-order valence-electron chi connectivity index (χ0n) is 6.26. The number of nitrogens with one attached hydrogen (secondary N) is 1. The number of esters is 1. The molecule has 0 saturated heterocycles. The van der Waals surface area contributed by atoms with E-state index in [-0.39, 0.29) is 6.54 Å². The molecule has 0 amide bonds. The molecular weight excluding hydrogens is 134 g/mol. The number of carbonyl (C=O) groups excluding carboxylic acids is 1. The predicted molar refractivity (Wildman–Crippen MR) is 36.6 cm³/mol. The highest BCUT2D eigenvalue weighted by Crippen LogP contribution is 1.83. The van der Waals surface area contributed by atoms with Crippen LogP contribution in [0.15, 0.2) is 0 Å². The second-order valence-electron chi connectivity index (χ2n) is 1.85. The molecule has 0 aliphatic heterocycles. The standard InChI is InChI=1S/C6H13NO3/c1-3-7-4-5(8)6(9)10-2/h5,7-8H,3-4H2,1-2H3. The molecular formula is C6H13NO3. The van der Waals surface area contributed by atoms with Crippen molar-refractivity contribution in [1.29, 1.82) is 0 Å². The monoisotopic (exact) mass is 147 g/mol. The first kappa shape index (κ1) is 9.39. The smallest absolute Gasteiger partial charge is 0.336 e. The summed E-state index contributed by atoms with van der Waals surface area (Å²) in [6.07, 6.45) is -1.04. The molecule has 2 N–H and O–H groups in total. The molecule has 0 aromatic rings. The maximum atomic E-state index is 10.5. The Morgan fingerprint density at radius 2 is 2.40 bits per heavy atom. The predicted octanol–water partition coefficient (Wildman–Crippen LogP) is -0.870. The zero-order valence-corrected chi connectivity index (χ0v) is 6.26. The van der Waals surface area contributed by atoms with Crippen LogP contribution in [0.4, 0.5) is 0 Å². The van der Waals surface area contributed by atoms with E-state index in [1.54, 1.807) is 0 Å². The minimum absolute atomic E-state index is 0.253. The van der Waals surface area contributed by atoms with Crippen LogP contribution in [0.2, 0.25) is 0 Å². The summed E-state index contributed by atoms with van der Waals surface area (Å²) >= 11 is 0. The molecule has 4 heteroatoms. The first-order chi connectivity index (χ1) is 4.72. The van der Waals surface area contributed by atoms with Gasteiger partial charge in [0.05, 0.1) is 7.11 Å². The van der Waals surface area contributed by atoms with E-state index in [0.29, 0.717) is 0 Å². The Bertz CT molecular complexity index is 105. The van der Waals surface area contributed by atoms with Gasteiger partial charge >= 0.3 is 5.97 Å². The average molecular weight is 147 g/mol. The Labute approximate surface area is 60.2 Å². The van der Waals surface area contributed by atoms with E-state index >= 15 is 0 Å². The van der Waals surface area contributed by atoms with Gasteiger partial charge in [0.1, 0.15) is 0 Å². The van der Waals surface area contributed by atoms with Gasteiger partial charge in [-0.3, -0.25) is 0 Å². The molecule has 0 aromatic carbocycles. The average Bonchev–Trinajstić information content (AvgIpc) is 1.98. The molecule has 0 aliphatic carbocycles. The third-order valence-electron chi connectivity index (χ3n) is 1.06. The number of aliphatic hydroxyl groups excluding tert-OH is 1. The van der Waals surface area contributed by atoms with Crippen LogP contribution in [0.3, 0.4) is 0 Å². The fraction of sp³-hybridized carbons (Fsp3) is 0.833. The molecule has 0 rings (SSSR count). The summed E-state index contributed by atoms with van der Waals surface area (Å²) in [5.74, 6) is -0.596. The lowest BCUT2D eigenvalue weighted by atomic mass is 10.3. The summed E-state index contributed by atoms with van der Waals surface area (Å²) in [4.78, 5) is 10.5. The van der Waals surface area contributed by atoms with E-state index < -0.39 is 12.1 Å². The lowest BCUT2D eigenvalue weighted by molar-refractivity contribution is -0.150. The molecule has 4 nitrogen and oxygen atoms in total. The Balaban J connectivity index is 3.41. The SMILES string of the molecule is CCNCC(O)C(=O)OC. The van der Waals surface area contributed by atoms with E-state index in [1.165, 1.54) is 7.11 Å². The van der Waals surface area contributed by atoms with E-state index in [2.05, 4.69) is 10.1 Å². The van der Waals surface area contributed by atoms with Crippen molar-refractivity contribution < 1.29 is 14.6 Å². The van der Waals surface area contributed by atoms with Crippen molar-refractivity contribution in [3.63, 3.8) is 0 Å². The van der Waals surface area contributed by atoms with Gasteiger partial charge in [-0.15, -0.1) is 0 Å². The van der Waals surface area contributed by atoms with Crippen LogP contribution >= 0.6 is 0 Å². The number of hydrogen-bond donors (Lipinski definition) is 2. The summed E-state index contributed by atoms with van der Waals surface area (Å²) in [6.45, 7) is 2.88. The Morgan fingerprint density at radius 3 is 2.80 bits per heavy atom. The van der Waals surface area contributed by atoms with E-state index in [4.69, 9.17) is 5.11 Å². The number of hydrogen-bond acceptors (Lipinski definition) is 4. The highest BCUT2D eigenvalue weighted by atomic mass is 16.5. The van der Waals surface area contributed by atoms with Gasteiger partial charge in [0, 0.05) is 6.54 Å². The Morgan fingerprint density at radius 1 is 1.80 bits per heavy atom. The molecule has 1 atom stereocenters. The second-order valence-corrected chi connectivity index (χ2v) is 1.85. The van der Waals surface area contributed by atoms with Crippen molar-refractivity contribution >= 4 is 5.97 Å². The molecule has 0 bridgehead atoms. The second kappa shape index (κ2) is 5.20. The minimum atomic E-state index is -1.04. The van der Waals surface area contributed by atoms with Gasteiger partial charge in [-0.2, -0.15) is 0 Å². The quantitative estimate of drug-likeness (QED) is 0.507. The van der Waals surface area contributed by atoms with Gasteiger partial charge in [0.25, 0.3) is 0 Å². The summed E-state index contributed by atoms with van der Waals surface area (Å²) in [6, 6.07) is 0. The normalized spacial score (nSPS) is 12.7. The molecule has 0 fully saturated rings. The van der Waals surface area contributed by atoms with Gasteiger partial charge < -0.3 is 15.2 Å². The van der Waals surface area contributed by atoms with Crippen molar-refractivity contribution in [2.75, 3.05) is 20.2 Å². The zero-order chi connectivity index (χ0) is 7.98. The summed E-state index contributed by atoms with van der Waals surface area (Å²) in [5.41, 5.74) is 0. The van der Waals surface area contributed by atoms with Crippen molar-refractivity contribution in [2.24, 2.45) is 0 Å². The topological polar surface area (TPSA) is 58.6 Å². The minimum Gasteiger partial charge on any atom is -0.467 e. The molecule has 0 spiro atoms. The maximum absolute atomic E-state index is 10.5. The summed E-state index contributed by atoms with van der Waals surface area (Å²) in [7, 11) is 1.25. The highest BCUT2D eigenvalue weighted by Gasteiger charge is 2.13. The van der Waals surface area contributed by atoms with Crippen LogP contribution in [0.25, 0.3) is 0 Å². The third-order valence-corrected chi connectivity index (χ3v) is 1.06. The van der Waals surface area contributed by atoms with Crippen LogP contribution in [0, 0.1) is 0 Å². The van der Waals surface area contributed by atoms with E-state index in [0.717, 1.165) is 6.54 Å². The number of carbonyl (C=O) groups is 1. The first-order valence-corrected chi connectivity index (χ1v) is 3.19. The fourth-order valence-electron chi connectivity index (χ4n) is 0.500. The summed E-state index contributed by atoms with van der Waals surface area (Å²) in [5, 5.41) is 11.7. The van der Waals surface area contributed by atoms with Crippen LogP contribution < -0.4 is 5.32 Å². The van der Waals surface area contributed by atoms with Gasteiger partial charge in [-0.05, 0) is 6.54 Å². The van der Waals surface area contributed by atoms with Crippen molar-refractivity contribution in [3.05, 3.63) is 0 Å². The van der Waals surface area contributed by atoms with Crippen LogP contribution in [-0.4, -0.2) is 37.4 Å². The van der Waals surface area contributed by atoms with Gasteiger partial charge in [0.2, 0.25) is 0 Å². The molecule has 10 heavy (non-hydrogen) atoms. The lowest BCUT2D eigenvalue weighted by Gasteiger charge is -2.07. The van der Waals surface area contributed by atoms with Crippen LogP contribution in [0.1, 0.15) is 6.92 Å². The van der Waals surface area contributed by atoms with Crippen molar-refractivity contribution in [3.8, 4) is 0 Å². The number of methoxy groups -OCH3 is 1. The van der Waals surface area contributed by atoms with Crippen molar-refractivity contribution in [1.82, 2.24) is 5.32 Å². The van der Waals surface area contributed by atoms with Gasteiger partial charge in [-0.25, -0.2) is 4.79 Å². The fourth-order valence-corrected chi connectivity index (χ4v) is 0.500. The lowest BCUT2D eigenvalue weighted by Crippen LogP contribution is -2.33. The van der Waals surface area contributed by atoms with Crippen LogP contribution in [-0.2, 0) is 9.53 Å². The molecule has 0 radical (unpaired) electrons. The Hall–Kier alpha value is -0.610. The summed E-state index contributed by atoms with van der Waals surface area (Å²) < 4.78 is 4.28. The molecule has 0 heterocycles. The molecule has 0 aromatic heterocycles. The number of likely N-dealkylation sites (N-methyl/N-ethyl adjacent to an activating group) is 1. The largest absolute Gasteiger partial charge is 0.467 e. The van der Waals surface area contributed by atoms with Crippen molar-refractivity contribution in [2.45, 2.75) is 13.0 Å². The highest BCUT2D eigenvalue weighted by molar-refractivity contribution is 5.74. The van der Waals surface area contributed by atoms with E-state index in [9.17, 15) is 4.79 Å². The molecule has 1 unspecified atom stereocenters. The van der Waals surface area contributed by atoms with Gasteiger partial charge in [0.15, 0.2) is 6.10 Å². The number of rotatable bonds is 4. The van der Waals surface area contributed by atoms with E-state index in [1.807, 2.05) is 6.92 Å². The maximum Gasteiger partial charge on any atom is 0.336 e. The molecule has 0 aliphatic rings. The van der Waals surface area contributed by atoms with Crippen LogP contribution in [0.5, 0.6) is 0 Å². The van der Waals surface area contributed by atoms with Gasteiger partial charge in [-0.1, -0.05) is 6.92 Å². The Kier molecular flexibility index (Phi) is 4.88. The molecule has 60 valence electrons. The number of ether oxygens (including phenoxy) is 1.